The van der Waals surface area contributed by atoms with Gasteiger partial charge in [-0.05, 0) is 6.92 Å². The fourth-order valence-corrected chi connectivity index (χ4v) is 1.08. The van der Waals surface area contributed by atoms with Crippen LogP contribution in [0.15, 0.2) is 6.07 Å². The van der Waals surface area contributed by atoms with Gasteiger partial charge in [0, 0.05) is 24.8 Å². The number of aromatic nitrogens is 2. The van der Waals surface area contributed by atoms with Crippen molar-refractivity contribution in [2.24, 2.45) is 5.73 Å². The van der Waals surface area contributed by atoms with Gasteiger partial charge in [0.2, 0.25) is 11.8 Å². The molecule has 0 aliphatic carbocycles. The molecule has 88 valence electrons. The molecule has 0 aliphatic rings. The van der Waals surface area contributed by atoms with Crippen LogP contribution in [0.25, 0.3) is 0 Å². The summed E-state index contributed by atoms with van der Waals surface area (Å²) in [6, 6.07) is 1.18. The summed E-state index contributed by atoms with van der Waals surface area (Å²) in [5, 5.41) is 5.39. The molecular formula is C9H15N5O2. The summed E-state index contributed by atoms with van der Waals surface area (Å²) in [7, 11) is 1.54. The second-order valence-electron chi connectivity index (χ2n) is 3.09. The summed E-state index contributed by atoms with van der Waals surface area (Å²) in [6.45, 7) is 2.75. The number of urea groups is 1. The lowest BCUT2D eigenvalue weighted by atomic mass is 10.4. The van der Waals surface area contributed by atoms with Crippen LogP contribution in [0.2, 0.25) is 0 Å². The van der Waals surface area contributed by atoms with Gasteiger partial charge in [0.1, 0.15) is 0 Å². The fraction of sp³-hybridized carbons (Fsp3) is 0.444. The zero-order valence-corrected chi connectivity index (χ0v) is 9.28. The van der Waals surface area contributed by atoms with Gasteiger partial charge < -0.3 is 21.1 Å². The highest BCUT2D eigenvalue weighted by Gasteiger charge is 2.01. The maximum Gasteiger partial charge on any atom is 0.312 e. The van der Waals surface area contributed by atoms with Crippen LogP contribution in [0.5, 0.6) is 5.88 Å². The number of primary amides is 1. The molecule has 0 saturated heterocycles. The number of rotatable bonds is 5. The van der Waals surface area contributed by atoms with E-state index in [2.05, 4.69) is 20.6 Å². The summed E-state index contributed by atoms with van der Waals surface area (Å²) >= 11 is 0. The average Bonchev–Trinajstić information content (AvgIpc) is 2.23. The highest BCUT2D eigenvalue weighted by molar-refractivity contribution is 5.71. The Morgan fingerprint density at radius 3 is 2.88 bits per heavy atom. The highest BCUT2D eigenvalue weighted by Crippen LogP contribution is 2.10. The van der Waals surface area contributed by atoms with Gasteiger partial charge in [0.25, 0.3) is 0 Å². The van der Waals surface area contributed by atoms with Gasteiger partial charge >= 0.3 is 6.03 Å². The van der Waals surface area contributed by atoms with Crippen molar-refractivity contribution >= 4 is 12.0 Å². The maximum absolute atomic E-state index is 10.4. The first-order valence-electron chi connectivity index (χ1n) is 4.78. The quantitative estimate of drug-likeness (QED) is 0.606. The van der Waals surface area contributed by atoms with Crippen LogP contribution >= 0.6 is 0 Å². The maximum atomic E-state index is 10.4. The second kappa shape index (κ2) is 5.74. The van der Waals surface area contributed by atoms with Gasteiger partial charge in [-0.1, -0.05) is 0 Å². The SMILES string of the molecule is COc1cc(C)nc(NCCNC(N)=O)n1. The Labute approximate surface area is 93.4 Å². The van der Waals surface area contributed by atoms with Crippen LogP contribution < -0.4 is 21.1 Å². The molecule has 0 atom stereocenters. The summed E-state index contributed by atoms with van der Waals surface area (Å²) in [6.07, 6.45) is 0. The third-order valence-corrected chi connectivity index (χ3v) is 1.75. The van der Waals surface area contributed by atoms with Crippen LogP contribution in [0, 0.1) is 6.92 Å². The number of hydrogen-bond acceptors (Lipinski definition) is 5. The molecule has 16 heavy (non-hydrogen) atoms. The molecule has 1 rings (SSSR count). The van der Waals surface area contributed by atoms with Crippen molar-refractivity contribution in [3.05, 3.63) is 11.8 Å². The third-order valence-electron chi connectivity index (χ3n) is 1.75. The lowest BCUT2D eigenvalue weighted by Crippen LogP contribution is -2.33. The first-order valence-corrected chi connectivity index (χ1v) is 4.78. The molecule has 1 aromatic rings. The molecule has 7 heteroatoms. The number of ether oxygens (including phenoxy) is 1. The predicted octanol–water partition coefficient (Wildman–Crippen LogP) is -0.126. The number of nitrogens with two attached hydrogens (primary N) is 1. The molecule has 0 radical (unpaired) electrons. The van der Waals surface area contributed by atoms with Gasteiger partial charge in [0.05, 0.1) is 7.11 Å². The Bertz CT molecular complexity index is 369. The van der Waals surface area contributed by atoms with Gasteiger partial charge in [0.15, 0.2) is 0 Å². The molecule has 0 spiro atoms. The predicted molar refractivity (Wildman–Crippen MR) is 59.4 cm³/mol. The number of carbonyl (C=O) groups excluding carboxylic acids is 1. The Morgan fingerprint density at radius 1 is 1.50 bits per heavy atom. The van der Waals surface area contributed by atoms with Crippen LogP contribution in [0.4, 0.5) is 10.7 Å². The topological polar surface area (TPSA) is 102 Å². The molecule has 0 unspecified atom stereocenters. The zero-order chi connectivity index (χ0) is 12.0. The van der Waals surface area contributed by atoms with Gasteiger partial charge in [-0.15, -0.1) is 0 Å². The molecule has 0 fully saturated rings. The van der Waals surface area contributed by atoms with Crippen molar-refractivity contribution in [3.63, 3.8) is 0 Å². The van der Waals surface area contributed by atoms with Crippen LogP contribution in [0.1, 0.15) is 5.69 Å². The van der Waals surface area contributed by atoms with Crippen LogP contribution in [-0.4, -0.2) is 36.2 Å². The van der Waals surface area contributed by atoms with E-state index in [1.54, 1.807) is 13.2 Å². The largest absolute Gasteiger partial charge is 0.481 e. The number of amides is 2. The minimum atomic E-state index is -0.551. The summed E-state index contributed by atoms with van der Waals surface area (Å²) in [4.78, 5) is 18.6. The van der Waals surface area contributed by atoms with Crippen molar-refractivity contribution in [2.45, 2.75) is 6.92 Å². The van der Waals surface area contributed by atoms with E-state index >= 15 is 0 Å². The lowest BCUT2D eigenvalue weighted by Gasteiger charge is -2.07. The molecule has 0 aliphatic heterocycles. The molecule has 0 saturated carbocycles. The van der Waals surface area contributed by atoms with E-state index < -0.39 is 6.03 Å². The van der Waals surface area contributed by atoms with Crippen molar-refractivity contribution in [2.75, 3.05) is 25.5 Å². The normalized spacial score (nSPS) is 9.62. The molecular weight excluding hydrogens is 210 g/mol. The Kier molecular flexibility index (Phi) is 4.31. The summed E-state index contributed by atoms with van der Waals surface area (Å²) < 4.78 is 5.00. The van der Waals surface area contributed by atoms with E-state index in [1.807, 2.05) is 6.92 Å². The molecule has 0 bridgehead atoms. The minimum absolute atomic E-state index is 0.412. The summed E-state index contributed by atoms with van der Waals surface area (Å²) in [5.41, 5.74) is 5.72. The Balaban J connectivity index is 2.47. The minimum Gasteiger partial charge on any atom is -0.481 e. The van der Waals surface area contributed by atoms with Crippen molar-refractivity contribution in [1.29, 1.82) is 0 Å². The fourth-order valence-electron chi connectivity index (χ4n) is 1.08. The number of hydrogen-bond donors (Lipinski definition) is 3. The molecule has 0 aromatic carbocycles. The van der Waals surface area contributed by atoms with Gasteiger partial charge in [-0.2, -0.15) is 4.98 Å². The van der Waals surface area contributed by atoms with E-state index in [0.29, 0.717) is 24.9 Å². The lowest BCUT2D eigenvalue weighted by molar-refractivity contribution is 0.249. The molecule has 7 nitrogen and oxygen atoms in total. The first-order chi connectivity index (χ1) is 7.61. The number of nitrogens with one attached hydrogen (secondary N) is 2. The number of anilines is 1. The average molecular weight is 225 g/mol. The van der Waals surface area contributed by atoms with Crippen LogP contribution in [0.3, 0.4) is 0 Å². The Hall–Kier alpha value is -2.05. The second-order valence-corrected chi connectivity index (χ2v) is 3.09. The number of carbonyl (C=O) groups is 1. The molecule has 4 N–H and O–H groups in total. The smallest absolute Gasteiger partial charge is 0.312 e. The first kappa shape index (κ1) is 12.0. The Morgan fingerprint density at radius 2 is 2.25 bits per heavy atom. The zero-order valence-electron chi connectivity index (χ0n) is 9.28. The van der Waals surface area contributed by atoms with Gasteiger partial charge in [-0.3, -0.25) is 0 Å². The monoisotopic (exact) mass is 225 g/mol. The van der Waals surface area contributed by atoms with Crippen molar-refractivity contribution < 1.29 is 9.53 Å². The molecule has 1 aromatic heterocycles. The molecule has 1 heterocycles. The number of aryl methyl sites for hydroxylation is 1. The van der Waals surface area contributed by atoms with Crippen molar-refractivity contribution in [1.82, 2.24) is 15.3 Å². The van der Waals surface area contributed by atoms with E-state index in [4.69, 9.17) is 10.5 Å². The number of nitrogens with zero attached hydrogens (tertiary/aromatic N) is 2. The van der Waals surface area contributed by atoms with Gasteiger partial charge in [-0.25, -0.2) is 9.78 Å². The van der Waals surface area contributed by atoms with Crippen molar-refractivity contribution in [3.8, 4) is 5.88 Å². The third kappa shape index (κ3) is 3.99. The van der Waals surface area contributed by atoms with E-state index in [-0.39, 0.29) is 0 Å². The highest BCUT2D eigenvalue weighted by atomic mass is 16.5. The standard InChI is InChI=1S/C9H15N5O2/c1-6-5-7(16-2)14-9(13-6)12-4-3-11-8(10)15/h5H,3-4H2,1-2H3,(H3,10,11,15)(H,12,13,14). The van der Waals surface area contributed by atoms with E-state index in [1.165, 1.54) is 0 Å². The number of methoxy groups -OCH3 is 1. The summed E-state index contributed by atoms with van der Waals surface area (Å²) in [5.74, 6) is 0.959. The van der Waals surface area contributed by atoms with Crippen LogP contribution in [-0.2, 0) is 0 Å². The van der Waals surface area contributed by atoms with E-state index in [0.717, 1.165) is 5.69 Å². The molecule has 2 amide bonds. The van der Waals surface area contributed by atoms with E-state index in [9.17, 15) is 4.79 Å².